The summed E-state index contributed by atoms with van der Waals surface area (Å²) in [6.45, 7) is 0.365. The monoisotopic (exact) mass is 476 g/mol. The van der Waals surface area contributed by atoms with Crippen molar-refractivity contribution >= 4 is 29.3 Å². The summed E-state index contributed by atoms with van der Waals surface area (Å²) >= 11 is 0. The SMILES string of the molecule is NC[C@H]1CN(c2cc(F)c(N3CCON(C(=O)c4ccc(C(=O)O)cc4)CC3)c(F)c2)C(=O)O1. The number of cyclic esters (lactones) is 1. The Morgan fingerprint density at radius 2 is 1.71 bits per heavy atom. The second-order valence-electron chi connectivity index (χ2n) is 7.72. The fraction of sp³-hybridized carbons (Fsp3) is 0.318. The lowest BCUT2D eigenvalue weighted by molar-refractivity contribution is -0.111. The highest BCUT2D eigenvalue weighted by Crippen LogP contribution is 2.31. The number of rotatable bonds is 5. The van der Waals surface area contributed by atoms with Crippen molar-refractivity contribution in [1.29, 1.82) is 0 Å². The van der Waals surface area contributed by atoms with Gasteiger partial charge in [-0.25, -0.2) is 23.4 Å². The molecule has 1 atom stereocenters. The van der Waals surface area contributed by atoms with E-state index in [-0.39, 0.29) is 61.8 Å². The topological polar surface area (TPSA) is 126 Å². The Kier molecular flexibility index (Phi) is 6.61. The third-order valence-electron chi connectivity index (χ3n) is 5.55. The number of nitrogens with zero attached hydrogens (tertiary/aromatic N) is 3. The van der Waals surface area contributed by atoms with E-state index >= 15 is 0 Å². The highest BCUT2D eigenvalue weighted by Gasteiger charge is 2.33. The van der Waals surface area contributed by atoms with Crippen LogP contribution in [0.25, 0.3) is 0 Å². The van der Waals surface area contributed by atoms with Gasteiger partial charge in [0.1, 0.15) is 11.8 Å². The molecule has 0 radical (unpaired) electrons. The van der Waals surface area contributed by atoms with E-state index in [9.17, 15) is 23.2 Å². The van der Waals surface area contributed by atoms with E-state index in [0.29, 0.717) is 0 Å². The van der Waals surface area contributed by atoms with Crippen LogP contribution in [0.5, 0.6) is 0 Å². The van der Waals surface area contributed by atoms with Gasteiger partial charge < -0.3 is 20.5 Å². The van der Waals surface area contributed by atoms with Crippen LogP contribution in [0, 0.1) is 11.6 Å². The molecule has 3 N–H and O–H groups in total. The van der Waals surface area contributed by atoms with Crippen LogP contribution in [0.15, 0.2) is 36.4 Å². The molecule has 0 bridgehead atoms. The average Bonchev–Trinajstić information content (AvgIpc) is 3.03. The minimum absolute atomic E-state index is 0.0107. The molecule has 2 heterocycles. The van der Waals surface area contributed by atoms with E-state index in [2.05, 4.69) is 0 Å². The lowest BCUT2D eigenvalue weighted by Crippen LogP contribution is -2.35. The summed E-state index contributed by atoms with van der Waals surface area (Å²) in [5.41, 5.74) is 5.48. The maximum Gasteiger partial charge on any atom is 0.414 e. The van der Waals surface area contributed by atoms with Crippen molar-refractivity contribution in [1.82, 2.24) is 5.06 Å². The smallest absolute Gasteiger partial charge is 0.414 e. The first-order chi connectivity index (χ1) is 16.3. The van der Waals surface area contributed by atoms with Gasteiger partial charge in [-0.2, -0.15) is 0 Å². The van der Waals surface area contributed by atoms with Gasteiger partial charge in [-0.3, -0.25) is 14.5 Å². The number of anilines is 2. The summed E-state index contributed by atoms with van der Waals surface area (Å²) in [4.78, 5) is 43.7. The first-order valence-corrected chi connectivity index (χ1v) is 10.5. The molecule has 180 valence electrons. The summed E-state index contributed by atoms with van der Waals surface area (Å²) in [5.74, 6) is -3.36. The molecule has 2 aromatic rings. The number of ether oxygens (including phenoxy) is 1. The molecule has 10 nitrogen and oxygen atoms in total. The summed E-state index contributed by atoms with van der Waals surface area (Å²) in [6, 6.07) is 7.45. The summed E-state index contributed by atoms with van der Waals surface area (Å²) in [6.07, 6.45) is -1.28. The quantitative estimate of drug-likeness (QED) is 0.670. The Hall–Kier alpha value is -3.77. The van der Waals surface area contributed by atoms with Gasteiger partial charge in [0.05, 0.1) is 30.9 Å². The number of nitrogens with two attached hydrogens (primary N) is 1. The number of hydroxylamine groups is 2. The number of carbonyl (C=O) groups is 3. The molecule has 2 aliphatic heterocycles. The maximum absolute atomic E-state index is 15.0. The molecule has 12 heteroatoms. The molecule has 2 amide bonds. The van der Waals surface area contributed by atoms with E-state index < -0.39 is 35.7 Å². The number of amides is 2. The zero-order valence-electron chi connectivity index (χ0n) is 17.9. The van der Waals surface area contributed by atoms with E-state index in [4.69, 9.17) is 20.4 Å². The molecule has 4 rings (SSSR count). The van der Waals surface area contributed by atoms with E-state index in [1.165, 1.54) is 29.2 Å². The van der Waals surface area contributed by atoms with Crippen molar-refractivity contribution in [2.45, 2.75) is 6.10 Å². The van der Waals surface area contributed by atoms with Crippen molar-refractivity contribution in [3.63, 3.8) is 0 Å². The standard InChI is InChI=1S/C22H22F2N4O6/c23-17-9-15(27-12-16(11-25)34-22(27)32)10-18(24)19(17)26-5-6-28(33-8-7-26)20(29)13-1-3-14(4-2-13)21(30)31/h1-4,9-10,16H,5-8,11-12,25H2,(H,30,31)/t16-/m0/s1. The number of hydrogen-bond donors (Lipinski definition) is 2. The van der Waals surface area contributed by atoms with Crippen LogP contribution in [0.4, 0.5) is 25.0 Å². The van der Waals surface area contributed by atoms with Gasteiger partial charge in [-0.05, 0) is 24.3 Å². The van der Waals surface area contributed by atoms with Gasteiger partial charge in [-0.15, -0.1) is 0 Å². The summed E-state index contributed by atoms with van der Waals surface area (Å²) in [7, 11) is 0. The van der Waals surface area contributed by atoms with E-state index in [1.807, 2.05) is 0 Å². The van der Waals surface area contributed by atoms with Crippen LogP contribution in [0.2, 0.25) is 0 Å². The zero-order valence-corrected chi connectivity index (χ0v) is 17.9. The number of hydrogen-bond acceptors (Lipinski definition) is 7. The molecule has 34 heavy (non-hydrogen) atoms. The highest BCUT2D eigenvalue weighted by atomic mass is 19.1. The van der Waals surface area contributed by atoms with Gasteiger partial charge in [0.25, 0.3) is 5.91 Å². The molecule has 0 spiro atoms. The fourth-order valence-electron chi connectivity index (χ4n) is 3.80. The van der Waals surface area contributed by atoms with Crippen molar-refractivity contribution in [2.24, 2.45) is 5.73 Å². The predicted molar refractivity (Wildman–Crippen MR) is 116 cm³/mol. The van der Waals surface area contributed by atoms with Crippen molar-refractivity contribution in [2.75, 3.05) is 49.1 Å². The summed E-state index contributed by atoms with van der Waals surface area (Å²) in [5, 5.41) is 10.1. The van der Waals surface area contributed by atoms with Crippen LogP contribution in [-0.4, -0.2) is 73.6 Å². The lowest BCUT2D eigenvalue weighted by atomic mass is 10.1. The lowest BCUT2D eigenvalue weighted by Gasteiger charge is -2.24. The first-order valence-electron chi connectivity index (χ1n) is 10.5. The molecule has 2 saturated heterocycles. The Morgan fingerprint density at radius 3 is 2.29 bits per heavy atom. The zero-order chi connectivity index (χ0) is 24.4. The van der Waals surface area contributed by atoms with Crippen molar-refractivity contribution < 1.29 is 37.8 Å². The van der Waals surface area contributed by atoms with Crippen LogP contribution < -0.4 is 15.5 Å². The van der Waals surface area contributed by atoms with Crippen molar-refractivity contribution in [3.8, 4) is 0 Å². The minimum Gasteiger partial charge on any atom is -0.478 e. The molecule has 0 aliphatic carbocycles. The number of halogens is 2. The number of benzene rings is 2. The molecule has 2 aromatic carbocycles. The van der Waals surface area contributed by atoms with Gasteiger partial charge in [0.2, 0.25) is 0 Å². The fourth-order valence-corrected chi connectivity index (χ4v) is 3.80. The van der Waals surface area contributed by atoms with E-state index in [0.717, 1.165) is 22.1 Å². The van der Waals surface area contributed by atoms with Crippen molar-refractivity contribution in [3.05, 3.63) is 59.2 Å². The Labute approximate surface area is 193 Å². The van der Waals surface area contributed by atoms with Gasteiger partial charge in [0.15, 0.2) is 11.6 Å². The second-order valence-corrected chi connectivity index (χ2v) is 7.72. The van der Waals surface area contributed by atoms with E-state index in [1.54, 1.807) is 0 Å². The first kappa shape index (κ1) is 23.4. The summed E-state index contributed by atoms with van der Waals surface area (Å²) < 4.78 is 34.9. The Bertz CT molecular complexity index is 1090. The normalized spacial score (nSPS) is 18.6. The Balaban J connectivity index is 1.47. The highest BCUT2D eigenvalue weighted by molar-refractivity contribution is 5.95. The van der Waals surface area contributed by atoms with Crippen LogP contribution in [0.3, 0.4) is 0 Å². The molecule has 2 fully saturated rings. The molecule has 0 saturated carbocycles. The molecule has 0 aromatic heterocycles. The second kappa shape index (κ2) is 9.61. The number of aromatic carboxylic acids is 1. The molecule has 0 unspecified atom stereocenters. The average molecular weight is 476 g/mol. The molecular weight excluding hydrogens is 454 g/mol. The number of carboxylic acids is 1. The van der Waals surface area contributed by atoms with Crippen LogP contribution in [0.1, 0.15) is 20.7 Å². The largest absolute Gasteiger partial charge is 0.478 e. The number of carbonyl (C=O) groups excluding carboxylic acids is 2. The molecule has 2 aliphatic rings. The van der Waals surface area contributed by atoms with Gasteiger partial charge in [0, 0.05) is 37.3 Å². The molecular formula is C22H22F2N4O6. The van der Waals surface area contributed by atoms with Crippen LogP contribution >= 0.6 is 0 Å². The predicted octanol–water partition coefficient (Wildman–Crippen LogP) is 1.84. The van der Waals surface area contributed by atoms with Crippen LogP contribution in [-0.2, 0) is 9.57 Å². The Morgan fingerprint density at radius 1 is 1.06 bits per heavy atom. The minimum atomic E-state index is -1.11. The number of carboxylic acid groups (broad SMARTS) is 1. The third-order valence-corrected chi connectivity index (χ3v) is 5.55. The van der Waals surface area contributed by atoms with Gasteiger partial charge in [-0.1, -0.05) is 0 Å². The van der Waals surface area contributed by atoms with Gasteiger partial charge >= 0.3 is 12.1 Å². The third kappa shape index (κ3) is 4.63. The maximum atomic E-state index is 15.0.